The van der Waals surface area contributed by atoms with Crippen LogP contribution >= 0.6 is 0 Å². The smallest absolute Gasteiger partial charge is 0.325 e. The molecule has 5 saturated carbocycles. The van der Waals surface area contributed by atoms with E-state index < -0.39 is 28.7 Å². The van der Waals surface area contributed by atoms with Crippen LogP contribution in [0.1, 0.15) is 145 Å². The molecule has 3 aromatic rings. The summed E-state index contributed by atoms with van der Waals surface area (Å²) in [6, 6.07) is 22.3. The van der Waals surface area contributed by atoms with E-state index in [1.54, 1.807) is 21.3 Å². The van der Waals surface area contributed by atoms with Gasteiger partial charge in [0.15, 0.2) is 23.1 Å². The van der Waals surface area contributed by atoms with E-state index in [4.69, 9.17) is 52.1 Å². The third-order valence-electron chi connectivity index (χ3n) is 21.4. The fourth-order valence-electron chi connectivity index (χ4n) is 15.5. The van der Waals surface area contributed by atoms with Crippen LogP contribution in [-0.2, 0) is 76.7 Å². The molecule has 5 N–H and O–H groups in total. The van der Waals surface area contributed by atoms with Crippen LogP contribution in [0.4, 0.5) is 19.2 Å². The van der Waals surface area contributed by atoms with Crippen molar-refractivity contribution in [2.24, 2.45) is 0 Å². The molecule has 526 valence electrons. The molecule has 27 nitrogen and oxygen atoms in total. The summed E-state index contributed by atoms with van der Waals surface area (Å²) < 4.78 is 60.5. The van der Waals surface area contributed by atoms with E-state index in [1.165, 1.54) is 4.90 Å². The van der Waals surface area contributed by atoms with Crippen LogP contribution in [-0.4, -0.2) is 195 Å². The summed E-state index contributed by atoms with van der Waals surface area (Å²) in [7, 11) is 4.89. The summed E-state index contributed by atoms with van der Waals surface area (Å²) in [6.07, 6.45) is 13.7. The second-order valence-corrected chi connectivity index (χ2v) is 27.6. The predicted octanol–water partition coefficient (Wildman–Crippen LogP) is 6.94. The molecule has 0 aromatic heterocycles. The van der Waals surface area contributed by atoms with Gasteiger partial charge in [-0.1, -0.05) is 36.4 Å². The topological polar surface area (TPSA) is 308 Å². The maximum absolute atomic E-state index is 13.0. The van der Waals surface area contributed by atoms with E-state index in [1.807, 2.05) is 82.6 Å². The number of methoxy groups -OCH3 is 3. The van der Waals surface area contributed by atoms with Gasteiger partial charge in [-0.15, -0.1) is 0 Å². The molecule has 13 aliphatic rings. The normalized spacial score (nSPS) is 25.2. The first kappa shape index (κ1) is 69.4. The van der Waals surface area contributed by atoms with Crippen LogP contribution in [0.2, 0.25) is 0 Å². The first-order chi connectivity index (χ1) is 46.7. The molecular formula is C70H92N8O19. The average Bonchev–Trinajstić information content (AvgIpc) is 1.64. The number of urea groups is 4. The lowest BCUT2D eigenvalue weighted by atomic mass is 9.78. The molecule has 3 aromatic carbocycles. The zero-order valence-corrected chi connectivity index (χ0v) is 55.9. The van der Waals surface area contributed by atoms with E-state index in [2.05, 4.69) is 26.6 Å². The number of carbonyl (C=O) groups is 8. The quantitative estimate of drug-likeness (QED) is 0.136. The number of ether oxygens (including phenoxy) is 11. The van der Waals surface area contributed by atoms with E-state index in [0.29, 0.717) is 161 Å². The highest BCUT2D eigenvalue weighted by Crippen LogP contribution is 2.46. The van der Waals surface area contributed by atoms with Gasteiger partial charge in [-0.2, -0.15) is 0 Å². The Morgan fingerprint density at radius 1 is 0.361 bits per heavy atom. The van der Waals surface area contributed by atoms with Gasteiger partial charge in [0, 0.05) is 103 Å². The van der Waals surface area contributed by atoms with Gasteiger partial charge in [0.05, 0.1) is 91.8 Å². The van der Waals surface area contributed by atoms with Crippen molar-refractivity contribution in [1.82, 2.24) is 41.3 Å². The van der Waals surface area contributed by atoms with Crippen molar-refractivity contribution in [2.45, 2.75) is 193 Å². The molecule has 8 aliphatic heterocycles. The van der Waals surface area contributed by atoms with Crippen molar-refractivity contribution in [3.05, 3.63) is 89.5 Å². The van der Waals surface area contributed by atoms with Gasteiger partial charge in [-0.3, -0.25) is 29.4 Å². The monoisotopic (exact) mass is 1350 g/mol. The maximum atomic E-state index is 13.0. The molecule has 0 unspecified atom stereocenters. The predicted molar refractivity (Wildman–Crippen MR) is 344 cm³/mol. The molecule has 5 aliphatic carbocycles. The van der Waals surface area contributed by atoms with Gasteiger partial charge < -0.3 is 83.2 Å². The number of hydrogen-bond acceptors (Lipinski definition) is 19. The second kappa shape index (κ2) is 29.1. The Bertz CT molecular complexity index is 3290. The number of rotatable bonds is 9. The molecule has 8 heterocycles. The van der Waals surface area contributed by atoms with Gasteiger partial charge in [0.2, 0.25) is 0 Å². The number of carbonyl (C=O) groups excluding carboxylic acids is 8. The Kier molecular flexibility index (Phi) is 20.8. The van der Waals surface area contributed by atoms with Crippen molar-refractivity contribution in [3.63, 3.8) is 0 Å². The second-order valence-electron chi connectivity index (χ2n) is 27.6. The number of nitrogens with one attached hydrogen (secondary N) is 5. The van der Waals surface area contributed by atoms with Gasteiger partial charge in [0.25, 0.3) is 11.8 Å². The zero-order chi connectivity index (χ0) is 67.9. The van der Waals surface area contributed by atoms with E-state index in [9.17, 15) is 38.4 Å². The van der Waals surface area contributed by atoms with E-state index in [-0.39, 0.29) is 59.1 Å². The molecule has 10 amide bonds. The minimum absolute atomic E-state index is 0.0232. The third-order valence-corrected chi connectivity index (χ3v) is 21.4. The summed E-state index contributed by atoms with van der Waals surface area (Å²) in [5.41, 5.74) is 1.20. The highest BCUT2D eigenvalue weighted by atomic mass is 16.8. The Morgan fingerprint density at radius 2 is 0.691 bits per heavy atom. The third kappa shape index (κ3) is 15.8. The molecule has 0 radical (unpaired) electrons. The molecule has 0 atom stereocenters. The zero-order valence-electron chi connectivity index (χ0n) is 55.9. The lowest BCUT2D eigenvalue weighted by Gasteiger charge is -2.41. The Hall–Kier alpha value is -7.50. The SMILES string of the molecule is COc1ccc(CN2C(=O)NC3(CCC4(CC3)OCCO4)C2=O)cc1.COc1ccc(CN2CC3(CCC(=O)CC3)NC2=O)cc1.COc1ccc(CN2CC3(CCC4(CC3)OCCO4)NC2=O)cc1.O=C1CCC2(CC1)OCCO2.O=C1NC(=O)C2(CCC3(CC2)OCCO3)N1. The Morgan fingerprint density at radius 3 is 1.05 bits per heavy atom. The van der Waals surface area contributed by atoms with Gasteiger partial charge in [-0.05, 0) is 104 Å². The number of Topliss-reactive ketones (excluding diaryl/α,β-unsaturated/α-hetero) is 2. The van der Waals surface area contributed by atoms with Crippen LogP contribution in [0, 0.1) is 0 Å². The standard InChI is InChI=1S/C18H22N2O5.C18H24N2O4.C16H20N2O3.C10H14N2O4.C8H12O3/c1-23-14-4-2-13(3-5-14)12-20-15(21)17(19-16(20)22)6-8-18(9-7-17)24-10-11-25-18;1-22-15-4-2-14(3-5-15)12-20-13-17(19-16(20)21)6-8-18(9-7-17)23-10-11-24-18;1-21-14-4-2-12(3-5-14)10-18-11-16(17-15(18)20)8-6-13(19)7-9-16;13-7-9(12-8(14)11-7)1-3-10(4-2-9)15-5-6-16-10;9-7-1-3-8(4-2-7)10-5-6-11-8/h2-5H,6-12H2,1H3,(H,19,22);2-5H,6-13H2,1H3,(H,19,21);2-5H,6-11H2,1H3,(H,17,20);1-6H2,(H2,11,12,13,14);1-6H2. The van der Waals surface area contributed by atoms with Crippen LogP contribution < -0.4 is 40.8 Å². The summed E-state index contributed by atoms with van der Waals surface area (Å²) in [5, 5.41) is 14.2. The molecular weight excluding hydrogens is 1260 g/mol. The van der Waals surface area contributed by atoms with Crippen LogP contribution in [0.15, 0.2) is 72.8 Å². The van der Waals surface area contributed by atoms with Crippen molar-refractivity contribution >= 4 is 47.5 Å². The van der Waals surface area contributed by atoms with Crippen molar-refractivity contribution in [2.75, 3.05) is 87.3 Å². The minimum Gasteiger partial charge on any atom is -0.497 e. The van der Waals surface area contributed by atoms with E-state index in [0.717, 1.165) is 91.9 Å². The van der Waals surface area contributed by atoms with Gasteiger partial charge in [0.1, 0.15) is 39.9 Å². The van der Waals surface area contributed by atoms with Crippen molar-refractivity contribution < 1.29 is 90.5 Å². The van der Waals surface area contributed by atoms with Crippen LogP contribution in [0.25, 0.3) is 0 Å². The summed E-state index contributed by atoms with van der Waals surface area (Å²) in [5.74, 6) is 0.851. The first-order valence-corrected chi connectivity index (χ1v) is 34.2. The first-order valence-electron chi connectivity index (χ1n) is 34.2. The molecule has 16 rings (SSSR count). The van der Waals surface area contributed by atoms with Crippen LogP contribution in [0.5, 0.6) is 17.2 Å². The van der Waals surface area contributed by atoms with Gasteiger partial charge in [-0.25, -0.2) is 19.2 Å². The molecule has 8 spiro atoms. The highest BCUT2D eigenvalue weighted by Gasteiger charge is 2.58. The fourth-order valence-corrected chi connectivity index (χ4v) is 15.5. The van der Waals surface area contributed by atoms with Crippen molar-refractivity contribution in [3.8, 4) is 17.2 Å². The van der Waals surface area contributed by atoms with E-state index >= 15 is 0 Å². The van der Waals surface area contributed by atoms with Crippen LogP contribution in [0.3, 0.4) is 0 Å². The number of ketones is 2. The lowest BCUT2D eigenvalue weighted by Crippen LogP contribution is -2.53. The molecule has 97 heavy (non-hydrogen) atoms. The number of hydrogen-bond donors (Lipinski definition) is 5. The number of nitrogens with zero attached hydrogens (tertiary/aromatic N) is 3. The van der Waals surface area contributed by atoms with Crippen molar-refractivity contribution in [1.29, 1.82) is 0 Å². The highest BCUT2D eigenvalue weighted by molar-refractivity contribution is 6.07. The minimum atomic E-state index is -0.815. The molecule has 8 saturated heterocycles. The van der Waals surface area contributed by atoms with Gasteiger partial charge >= 0.3 is 24.1 Å². The summed E-state index contributed by atoms with van der Waals surface area (Å²) in [6.45, 7) is 8.06. The fraction of sp³-hybridized carbons (Fsp3) is 0.629. The Labute approximate surface area is 564 Å². The number of benzene rings is 3. The molecule has 0 bridgehead atoms. The molecule has 13 fully saturated rings. The average molecular weight is 1350 g/mol. The number of amides is 10. The molecule has 27 heteroatoms. The number of imide groups is 2. The lowest BCUT2D eigenvalue weighted by molar-refractivity contribution is -0.186. The summed E-state index contributed by atoms with van der Waals surface area (Å²) in [4.78, 5) is 100. The maximum Gasteiger partial charge on any atom is 0.325 e. The summed E-state index contributed by atoms with van der Waals surface area (Å²) >= 11 is 0. The Balaban J connectivity index is 0.000000118. The largest absolute Gasteiger partial charge is 0.497 e.